The van der Waals surface area contributed by atoms with E-state index in [1.165, 1.54) is 6.21 Å². The number of hydrogen-bond acceptors (Lipinski definition) is 4. The molecule has 0 N–H and O–H groups in total. The molecule has 0 saturated carbocycles. The van der Waals surface area contributed by atoms with E-state index in [4.69, 9.17) is 0 Å². The topological polar surface area (TPSA) is 58.7 Å². The van der Waals surface area contributed by atoms with Crippen LogP contribution in [-0.2, 0) is 0 Å². The van der Waals surface area contributed by atoms with Crippen LogP contribution < -0.4 is 4.90 Å². The molecular weight excluding hydrogens is 273 g/mol. The first-order valence-corrected chi connectivity index (χ1v) is 6.23. The molecule has 0 atom stereocenters. The Balaban J connectivity index is 2.24. The summed E-state index contributed by atoms with van der Waals surface area (Å²) in [5.74, 6) is -0.596. The van der Waals surface area contributed by atoms with Crippen molar-refractivity contribution in [1.82, 2.24) is 0 Å². The second-order valence-electron chi connectivity index (χ2n) is 4.64. The van der Waals surface area contributed by atoms with Crippen LogP contribution in [-0.4, -0.2) is 25.2 Å². The number of nitrogens with zero attached hydrogens (tertiary/aromatic N) is 3. The first-order chi connectivity index (χ1) is 9.97. The maximum Gasteiger partial charge on any atom is 0.271 e. The molecule has 6 heteroatoms. The molecule has 21 heavy (non-hydrogen) atoms. The molecule has 0 amide bonds. The highest BCUT2D eigenvalue weighted by molar-refractivity contribution is 5.82. The van der Waals surface area contributed by atoms with Gasteiger partial charge in [-0.1, -0.05) is 12.1 Å². The number of non-ortho nitro benzene ring substituents is 1. The normalized spacial score (nSPS) is 10.8. The number of anilines is 1. The van der Waals surface area contributed by atoms with Gasteiger partial charge in [0.05, 0.1) is 4.92 Å². The van der Waals surface area contributed by atoms with E-state index in [1.807, 2.05) is 43.3 Å². The molecule has 2 rings (SSSR count). The first-order valence-electron chi connectivity index (χ1n) is 6.23. The minimum absolute atomic E-state index is 0.0547. The van der Waals surface area contributed by atoms with Crippen molar-refractivity contribution in [3.05, 3.63) is 64.0 Å². The summed E-state index contributed by atoms with van der Waals surface area (Å²) in [6, 6.07) is 10.8. The van der Waals surface area contributed by atoms with E-state index in [0.29, 0.717) is 0 Å². The number of aliphatic imine (C=N–C) groups is 1. The van der Waals surface area contributed by atoms with Crippen LogP contribution in [0, 0.1) is 15.9 Å². The van der Waals surface area contributed by atoms with Crippen molar-refractivity contribution in [3.63, 3.8) is 0 Å². The summed E-state index contributed by atoms with van der Waals surface area (Å²) in [6.07, 6.45) is 1.47. The zero-order chi connectivity index (χ0) is 15.4. The van der Waals surface area contributed by atoms with Crippen LogP contribution >= 0.6 is 0 Å². The van der Waals surface area contributed by atoms with E-state index >= 15 is 0 Å². The smallest absolute Gasteiger partial charge is 0.271 e. The molecule has 0 radical (unpaired) electrons. The summed E-state index contributed by atoms with van der Waals surface area (Å²) in [5.41, 5.74) is 1.58. The van der Waals surface area contributed by atoms with Crippen molar-refractivity contribution in [2.45, 2.75) is 0 Å². The minimum atomic E-state index is -0.596. The zero-order valence-corrected chi connectivity index (χ0v) is 11.7. The molecular formula is C15H14FN3O2. The molecule has 0 aliphatic carbocycles. The van der Waals surface area contributed by atoms with Crippen molar-refractivity contribution < 1.29 is 9.31 Å². The maximum atomic E-state index is 13.6. The van der Waals surface area contributed by atoms with Crippen LogP contribution in [0.15, 0.2) is 47.5 Å². The molecule has 108 valence electrons. The van der Waals surface area contributed by atoms with Crippen molar-refractivity contribution in [2.75, 3.05) is 19.0 Å². The molecule has 0 aliphatic rings. The summed E-state index contributed by atoms with van der Waals surface area (Å²) < 4.78 is 13.6. The van der Waals surface area contributed by atoms with Gasteiger partial charge in [0.2, 0.25) is 0 Å². The van der Waals surface area contributed by atoms with Crippen LogP contribution in [0.5, 0.6) is 0 Å². The molecule has 0 fully saturated rings. The van der Waals surface area contributed by atoms with E-state index in [9.17, 15) is 14.5 Å². The zero-order valence-electron chi connectivity index (χ0n) is 11.7. The lowest BCUT2D eigenvalue weighted by Crippen LogP contribution is -2.08. The van der Waals surface area contributed by atoms with Crippen LogP contribution in [0.2, 0.25) is 0 Å². The van der Waals surface area contributed by atoms with Crippen molar-refractivity contribution in [3.8, 4) is 0 Å². The lowest BCUT2D eigenvalue weighted by atomic mass is 10.2. The van der Waals surface area contributed by atoms with Gasteiger partial charge in [0, 0.05) is 38.1 Å². The molecule has 0 heterocycles. The van der Waals surface area contributed by atoms with Crippen molar-refractivity contribution in [1.29, 1.82) is 0 Å². The van der Waals surface area contributed by atoms with Gasteiger partial charge < -0.3 is 4.90 Å². The Labute approximate surface area is 121 Å². The standard InChI is InChI=1S/C15H14FN3O2/c1-18(2)12-5-3-11(4-6-12)10-17-15-9-13(19(20)21)7-8-14(15)16/h3-10H,1-2H3. The van der Waals surface area contributed by atoms with Gasteiger partial charge in [0.15, 0.2) is 0 Å². The average molecular weight is 287 g/mol. The number of halogens is 1. The number of benzene rings is 2. The summed E-state index contributed by atoms with van der Waals surface area (Å²) >= 11 is 0. The lowest BCUT2D eigenvalue weighted by molar-refractivity contribution is -0.384. The van der Waals surface area contributed by atoms with E-state index in [-0.39, 0.29) is 11.4 Å². The summed E-state index contributed by atoms with van der Waals surface area (Å²) in [7, 11) is 3.86. The van der Waals surface area contributed by atoms with Gasteiger partial charge in [0.25, 0.3) is 5.69 Å². The fourth-order valence-electron chi connectivity index (χ4n) is 1.72. The van der Waals surface area contributed by atoms with Crippen LogP contribution in [0.1, 0.15) is 5.56 Å². The number of hydrogen-bond donors (Lipinski definition) is 0. The first kappa shape index (κ1) is 14.6. The molecule has 0 saturated heterocycles. The predicted octanol–water partition coefficient (Wildman–Crippen LogP) is 3.55. The highest BCUT2D eigenvalue weighted by atomic mass is 19.1. The molecule has 0 bridgehead atoms. The van der Waals surface area contributed by atoms with E-state index in [2.05, 4.69) is 4.99 Å². The Morgan fingerprint density at radius 2 is 1.86 bits per heavy atom. The molecule has 0 aromatic heterocycles. The fourth-order valence-corrected chi connectivity index (χ4v) is 1.72. The largest absolute Gasteiger partial charge is 0.378 e. The van der Waals surface area contributed by atoms with E-state index in [1.54, 1.807) is 0 Å². The molecule has 0 aliphatic heterocycles. The Hall–Kier alpha value is -2.76. The minimum Gasteiger partial charge on any atom is -0.378 e. The molecule has 2 aromatic rings. The molecule has 5 nitrogen and oxygen atoms in total. The van der Waals surface area contributed by atoms with Gasteiger partial charge in [-0.25, -0.2) is 4.39 Å². The average Bonchev–Trinajstić information content (AvgIpc) is 2.46. The van der Waals surface area contributed by atoms with Crippen LogP contribution in [0.4, 0.5) is 21.5 Å². The maximum absolute atomic E-state index is 13.6. The van der Waals surface area contributed by atoms with E-state index in [0.717, 1.165) is 29.4 Å². The van der Waals surface area contributed by atoms with Gasteiger partial charge >= 0.3 is 0 Å². The molecule has 0 unspecified atom stereocenters. The Bertz CT molecular complexity index is 682. The third-order valence-electron chi connectivity index (χ3n) is 2.90. The SMILES string of the molecule is CN(C)c1ccc(C=Nc2cc([N+](=O)[O-])ccc2F)cc1. The van der Waals surface area contributed by atoms with Gasteiger partial charge in [-0.2, -0.15) is 0 Å². The van der Waals surface area contributed by atoms with Crippen molar-refractivity contribution in [2.24, 2.45) is 4.99 Å². The highest BCUT2D eigenvalue weighted by Crippen LogP contribution is 2.23. The highest BCUT2D eigenvalue weighted by Gasteiger charge is 2.09. The van der Waals surface area contributed by atoms with Gasteiger partial charge in [-0.15, -0.1) is 0 Å². The van der Waals surface area contributed by atoms with Crippen LogP contribution in [0.3, 0.4) is 0 Å². The monoisotopic (exact) mass is 287 g/mol. The summed E-state index contributed by atoms with van der Waals surface area (Å²) in [6.45, 7) is 0. The van der Waals surface area contributed by atoms with Crippen molar-refractivity contribution >= 4 is 23.3 Å². The second-order valence-corrected chi connectivity index (χ2v) is 4.64. The number of nitro benzene ring substituents is 1. The summed E-state index contributed by atoms with van der Waals surface area (Å²) in [5, 5.41) is 10.7. The quantitative estimate of drug-likeness (QED) is 0.491. The molecule has 2 aromatic carbocycles. The predicted molar refractivity (Wildman–Crippen MR) is 81.1 cm³/mol. The molecule has 0 spiro atoms. The number of nitro groups is 1. The third-order valence-corrected chi connectivity index (χ3v) is 2.90. The second kappa shape index (κ2) is 6.13. The Morgan fingerprint density at radius 1 is 1.19 bits per heavy atom. The van der Waals surface area contributed by atoms with Gasteiger partial charge in [0.1, 0.15) is 11.5 Å². The Kier molecular flexibility index (Phi) is 4.27. The fraction of sp³-hybridized carbons (Fsp3) is 0.133. The Morgan fingerprint density at radius 3 is 2.43 bits per heavy atom. The third kappa shape index (κ3) is 3.62. The van der Waals surface area contributed by atoms with E-state index < -0.39 is 10.7 Å². The van der Waals surface area contributed by atoms with Crippen LogP contribution in [0.25, 0.3) is 0 Å². The number of rotatable bonds is 4. The summed E-state index contributed by atoms with van der Waals surface area (Å²) in [4.78, 5) is 16.0. The lowest BCUT2D eigenvalue weighted by Gasteiger charge is -2.11. The van der Waals surface area contributed by atoms with Gasteiger partial charge in [-0.05, 0) is 23.8 Å². The van der Waals surface area contributed by atoms with Gasteiger partial charge in [-0.3, -0.25) is 15.1 Å².